The fourth-order valence-electron chi connectivity index (χ4n) is 5.42. The van der Waals surface area contributed by atoms with E-state index in [1.807, 2.05) is 0 Å². The summed E-state index contributed by atoms with van der Waals surface area (Å²) in [6, 6.07) is 0. The van der Waals surface area contributed by atoms with Gasteiger partial charge >= 0.3 is 0 Å². The normalized spacial score (nSPS) is 42.0. The lowest BCUT2D eigenvalue weighted by molar-refractivity contribution is -0.195. The molecule has 110 valence electrons. The van der Waals surface area contributed by atoms with Crippen LogP contribution in [0.25, 0.3) is 0 Å². The highest BCUT2D eigenvalue weighted by molar-refractivity contribution is 5.86. The van der Waals surface area contributed by atoms with Gasteiger partial charge in [-0.2, -0.15) is 0 Å². The van der Waals surface area contributed by atoms with Crippen molar-refractivity contribution in [1.82, 2.24) is 0 Å². The molecular formula is C19H28O. The van der Waals surface area contributed by atoms with Crippen molar-refractivity contribution in [2.24, 2.45) is 34.0 Å². The van der Waals surface area contributed by atoms with Gasteiger partial charge < -0.3 is 0 Å². The van der Waals surface area contributed by atoms with Crippen molar-refractivity contribution in [2.75, 3.05) is 0 Å². The molecule has 1 heteroatoms. The van der Waals surface area contributed by atoms with Crippen LogP contribution < -0.4 is 0 Å². The standard InChI is InChI=1S/C19H28O/c1-17(2,3)11-12-19-13-7-6-8-14(18(19,4)5)16(19)15(20)10-9-13/h13-14,16H,6-10H2,1-5H3. The van der Waals surface area contributed by atoms with Crippen LogP contribution in [0.4, 0.5) is 0 Å². The third-order valence-electron chi connectivity index (χ3n) is 6.33. The van der Waals surface area contributed by atoms with Crippen LogP contribution >= 0.6 is 0 Å². The van der Waals surface area contributed by atoms with E-state index in [0.717, 1.165) is 12.8 Å². The highest BCUT2D eigenvalue weighted by atomic mass is 16.1. The maximum Gasteiger partial charge on any atom is 0.137 e. The first-order chi connectivity index (χ1) is 9.20. The summed E-state index contributed by atoms with van der Waals surface area (Å²) in [4.78, 5) is 12.5. The first-order valence-electron chi connectivity index (χ1n) is 8.27. The number of carbonyl (C=O) groups excluding carboxylic acids is 1. The fraction of sp³-hybridized carbons (Fsp3) is 0.842. The van der Waals surface area contributed by atoms with Gasteiger partial charge in [-0.1, -0.05) is 32.1 Å². The maximum atomic E-state index is 12.5. The summed E-state index contributed by atoms with van der Waals surface area (Å²) in [6.45, 7) is 11.3. The molecule has 4 aliphatic carbocycles. The van der Waals surface area contributed by atoms with E-state index >= 15 is 0 Å². The highest BCUT2D eigenvalue weighted by Crippen LogP contribution is 2.73. The minimum Gasteiger partial charge on any atom is -0.299 e. The second-order valence-corrected chi connectivity index (χ2v) is 8.81. The van der Waals surface area contributed by atoms with E-state index in [4.69, 9.17) is 0 Å². The Bertz CT molecular complexity index is 496. The van der Waals surface area contributed by atoms with Crippen LogP contribution in [-0.4, -0.2) is 5.78 Å². The molecule has 4 rings (SSSR count). The van der Waals surface area contributed by atoms with Crippen molar-refractivity contribution < 1.29 is 4.79 Å². The Morgan fingerprint density at radius 1 is 1.15 bits per heavy atom. The van der Waals surface area contributed by atoms with Gasteiger partial charge in [0, 0.05) is 23.2 Å². The Hall–Kier alpha value is -0.770. The van der Waals surface area contributed by atoms with Crippen LogP contribution in [0.5, 0.6) is 0 Å². The number of rotatable bonds is 0. The average molecular weight is 272 g/mol. The number of hydrogen-bond donors (Lipinski definition) is 0. The van der Waals surface area contributed by atoms with Gasteiger partial charge in [0.05, 0.1) is 0 Å². The van der Waals surface area contributed by atoms with Crippen LogP contribution in [0.2, 0.25) is 0 Å². The second kappa shape index (κ2) is 4.12. The van der Waals surface area contributed by atoms with Gasteiger partial charge in [-0.25, -0.2) is 0 Å². The van der Waals surface area contributed by atoms with E-state index in [9.17, 15) is 4.79 Å². The summed E-state index contributed by atoms with van der Waals surface area (Å²) >= 11 is 0. The molecule has 0 N–H and O–H groups in total. The van der Waals surface area contributed by atoms with Crippen molar-refractivity contribution in [3.63, 3.8) is 0 Å². The third-order valence-corrected chi connectivity index (χ3v) is 6.33. The second-order valence-electron chi connectivity index (χ2n) is 8.81. The Morgan fingerprint density at radius 3 is 2.50 bits per heavy atom. The number of Topliss-reactive ketones (excluding diaryl/α,β-unsaturated/α-hetero) is 1. The molecular weight excluding hydrogens is 244 g/mol. The SMILES string of the molecule is CC(C)(C)C#CC12C3CCCC(C1C(=O)CC3)C2(C)C. The molecule has 0 aromatic rings. The zero-order chi connectivity index (χ0) is 14.8. The van der Waals surface area contributed by atoms with Crippen LogP contribution in [0.3, 0.4) is 0 Å². The molecule has 4 atom stereocenters. The Morgan fingerprint density at radius 2 is 1.85 bits per heavy atom. The molecule has 4 saturated carbocycles. The number of carbonyl (C=O) groups is 1. The monoisotopic (exact) mass is 272 g/mol. The molecule has 0 spiro atoms. The van der Waals surface area contributed by atoms with Crippen molar-refractivity contribution >= 4 is 5.78 Å². The van der Waals surface area contributed by atoms with Gasteiger partial charge in [0.1, 0.15) is 5.78 Å². The molecule has 4 aliphatic rings. The minimum atomic E-state index is -0.0171. The van der Waals surface area contributed by atoms with Gasteiger partial charge in [0.25, 0.3) is 0 Å². The summed E-state index contributed by atoms with van der Waals surface area (Å²) < 4.78 is 0. The lowest BCUT2D eigenvalue weighted by Gasteiger charge is -2.68. The van der Waals surface area contributed by atoms with E-state index in [0.29, 0.717) is 17.6 Å². The van der Waals surface area contributed by atoms with E-state index in [2.05, 4.69) is 46.5 Å². The molecule has 4 fully saturated rings. The average Bonchev–Trinajstić information content (AvgIpc) is 2.52. The predicted octanol–water partition coefficient (Wildman–Crippen LogP) is 4.46. The molecule has 4 unspecified atom stereocenters. The molecule has 0 heterocycles. The Labute approximate surface area is 123 Å². The predicted molar refractivity (Wildman–Crippen MR) is 82.0 cm³/mol. The summed E-state index contributed by atoms with van der Waals surface area (Å²) in [5.41, 5.74) is 0.226. The van der Waals surface area contributed by atoms with Crippen LogP contribution in [-0.2, 0) is 4.79 Å². The molecule has 0 amide bonds. The van der Waals surface area contributed by atoms with E-state index < -0.39 is 0 Å². The fourth-order valence-corrected chi connectivity index (χ4v) is 5.42. The van der Waals surface area contributed by atoms with E-state index in [1.54, 1.807) is 0 Å². The van der Waals surface area contributed by atoms with Gasteiger partial charge in [-0.15, -0.1) is 0 Å². The molecule has 20 heavy (non-hydrogen) atoms. The van der Waals surface area contributed by atoms with Gasteiger partial charge in [-0.3, -0.25) is 4.79 Å². The van der Waals surface area contributed by atoms with Gasteiger partial charge in [0.2, 0.25) is 0 Å². The van der Waals surface area contributed by atoms with Gasteiger partial charge in [-0.05, 0) is 57.3 Å². The summed E-state index contributed by atoms with van der Waals surface area (Å²) in [6.07, 6.45) is 5.69. The smallest absolute Gasteiger partial charge is 0.137 e. The molecule has 0 radical (unpaired) electrons. The number of ketones is 1. The molecule has 1 nitrogen and oxygen atoms in total. The molecule has 4 bridgehead atoms. The van der Waals surface area contributed by atoms with E-state index in [-0.39, 0.29) is 22.2 Å². The molecule has 0 aromatic heterocycles. The number of fused-ring (bicyclic) bond motifs is 2. The Balaban J connectivity index is 2.12. The quantitative estimate of drug-likeness (QED) is 0.595. The topological polar surface area (TPSA) is 17.1 Å². The summed E-state index contributed by atoms with van der Waals surface area (Å²) in [7, 11) is 0. The zero-order valence-corrected chi connectivity index (χ0v) is 13.7. The highest BCUT2D eigenvalue weighted by Gasteiger charge is 2.72. The Kier molecular flexibility index (Phi) is 2.92. The first-order valence-corrected chi connectivity index (χ1v) is 8.27. The summed E-state index contributed by atoms with van der Waals surface area (Å²) in [5.74, 6) is 9.18. The van der Waals surface area contributed by atoms with Crippen molar-refractivity contribution in [3.8, 4) is 11.8 Å². The van der Waals surface area contributed by atoms with Crippen molar-refractivity contribution in [1.29, 1.82) is 0 Å². The van der Waals surface area contributed by atoms with Crippen molar-refractivity contribution in [3.05, 3.63) is 0 Å². The van der Waals surface area contributed by atoms with E-state index in [1.165, 1.54) is 19.3 Å². The molecule has 0 saturated heterocycles. The molecule has 0 aliphatic heterocycles. The van der Waals surface area contributed by atoms with Crippen LogP contribution in [0.1, 0.15) is 66.7 Å². The lowest BCUT2D eigenvalue weighted by atomic mass is 9.34. The summed E-state index contributed by atoms with van der Waals surface area (Å²) in [5, 5.41) is 0. The van der Waals surface area contributed by atoms with Crippen molar-refractivity contribution in [2.45, 2.75) is 66.7 Å². The zero-order valence-electron chi connectivity index (χ0n) is 13.7. The number of hydrogen-bond acceptors (Lipinski definition) is 1. The van der Waals surface area contributed by atoms with Crippen LogP contribution in [0.15, 0.2) is 0 Å². The minimum absolute atomic E-state index is 0.0171. The van der Waals surface area contributed by atoms with Gasteiger partial charge in [0.15, 0.2) is 0 Å². The lowest BCUT2D eigenvalue weighted by Crippen LogP contribution is -2.68. The largest absolute Gasteiger partial charge is 0.299 e. The third kappa shape index (κ3) is 1.66. The maximum absolute atomic E-state index is 12.5. The van der Waals surface area contributed by atoms with Crippen LogP contribution in [0, 0.1) is 45.8 Å². The first kappa shape index (κ1) is 14.2. The molecule has 0 aromatic carbocycles.